The van der Waals surface area contributed by atoms with Crippen LogP contribution in [0.25, 0.3) is 0 Å². The van der Waals surface area contributed by atoms with Gasteiger partial charge in [-0.3, -0.25) is 4.79 Å². The number of hydrogen-bond donors (Lipinski definition) is 2. The molecule has 0 aromatic heterocycles. The van der Waals surface area contributed by atoms with E-state index in [1.165, 1.54) is 0 Å². The Bertz CT molecular complexity index is 434. The van der Waals surface area contributed by atoms with Gasteiger partial charge in [0.05, 0.1) is 6.61 Å². The molecule has 1 saturated carbocycles. The summed E-state index contributed by atoms with van der Waals surface area (Å²) in [6.45, 7) is 1.17. The molecule has 1 fully saturated rings. The summed E-state index contributed by atoms with van der Waals surface area (Å²) in [7, 11) is 1.65. The molecule has 1 aliphatic carbocycles. The predicted octanol–water partition coefficient (Wildman–Crippen LogP) is 1.69. The van der Waals surface area contributed by atoms with Crippen LogP contribution in [-0.2, 0) is 11.3 Å². The number of benzene rings is 1. The minimum Gasteiger partial charge on any atom is -0.380 e. The van der Waals surface area contributed by atoms with Gasteiger partial charge in [0.15, 0.2) is 0 Å². The van der Waals surface area contributed by atoms with E-state index in [-0.39, 0.29) is 11.9 Å². The summed E-state index contributed by atoms with van der Waals surface area (Å²) in [6.07, 6.45) is 3.30. The smallest absolute Gasteiger partial charge is 0.251 e. The minimum absolute atomic E-state index is 0.0108. The highest BCUT2D eigenvalue weighted by atomic mass is 16.5. The maximum Gasteiger partial charge on any atom is 0.251 e. The van der Waals surface area contributed by atoms with Crippen LogP contribution in [0.15, 0.2) is 24.3 Å². The van der Waals surface area contributed by atoms with Crippen LogP contribution in [0.3, 0.4) is 0 Å². The number of methoxy groups -OCH3 is 1. The molecule has 3 N–H and O–H groups in total. The number of amides is 1. The van der Waals surface area contributed by atoms with E-state index in [4.69, 9.17) is 10.5 Å². The predicted molar refractivity (Wildman–Crippen MR) is 74.8 cm³/mol. The summed E-state index contributed by atoms with van der Waals surface area (Å²) < 4.78 is 5.08. The molecule has 2 unspecified atom stereocenters. The summed E-state index contributed by atoms with van der Waals surface area (Å²) in [5, 5.41) is 3.11. The molecule has 2 rings (SSSR count). The number of hydrogen-bond acceptors (Lipinski definition) is 3. The Morgan fingerprint density at radius 3 is 3.05 bits per heavy atom. The summed E-state index contributed by atoms with van der Waals surface area (Å²) in [5.74, 6) is 0.411. The summed E-state index contributed by atoms with van der Waals surface area (Å²) >= 11 is 0. The Morgan fingerprint density at radius 1 is 1.47 bits per heavy atom. The molecular formula is C15H22N2O2. The average Bonchev–Trinajstić information content (AvgIpc) is 2.86. The molecule has 4 nitrogen and oxygen atoms in total. The van der Waals surface area contributed by atoms with Crippen molar-refractivity contribution in [2.24, 2.45) is 11.7 Å². The third-order valence-corrected chi connectivity index (χ3v) is 3.78. The molecule has 1 amide bonds. The normalized spacial score (nSPS) is 22.4. The van der Waals surface area contributed by atoms with Gasteiger partial charge in [0, 0.05) is 18.7 Å². The van der Waals surface area contributed by atoms with Crippen LogP contribution < -0.4 is 11.1 Å². The van der Waals surface area contributed by atoms with Crippen molar-refractivity contribution in [2.45, 2.75) is 31.9 Å². The number of rotatable bonds is 5. The highest BCUT2D eigenvalue weighted by Gasteiger charge is 2.27. The van der Waals surface area contributed by atoms with Gasteiger partial charge in [-0.2, -0.15) is 0 Å². The first-order chi connectivity index (χ1) is 9.24. The summed E-state index contributed by atoms with van der Waals surface area (Å²) in [6, 6.07) is 7.78. The lowest BCUT2D eigenvalue weighted by Gasteiger charge is -2.19. The van der Waals surface area contributed by atoms with Crippen molar-refractivity contribution in [3.05, 3.63) is 35.4 Å². The highest BCUT2D eigenvalue weighted by Crippen LogP contribution is 2.24. The SMILES string of the molecule is COCc1cccc(C(=O)NC2CCCC2CN)c1. The molecule has 4 heteroatoms. The topological polar surface area (TPSA) is 64.3 Å². The van der Waals surface area contributed by atoms with Crippen LogP contribution in [0.4, 0.5) is 0 Å². The molecule has 0 spiro atoms. The molecule has 0 bridgehead atoms. The lowest BCUT2D eigenvalue weighted by Crippen LogP contribution is -2.39. The molecule has 2 atom stereocenters. The lowest BCUT2D eigenvalue weighted by molar-refractivity contribution is 0.0928. The fraction of sp³-hybridized carbons (Fsp3) is 0.533. The van der Waals surface area contributed by atoms with Gasteiger partial charge in [-0.25, -0.2) is 0 Å². The molecule has 1 aromatic carbocycles. The zero-order valence-corrected chi connectivity index (χ0v) is 11.4. The molecule has 0 saturated heterocycles. The van der Waals surface area contributed by atoms with Crippen molar-refractivity contribution in [1.82, 2.24) is 5.32 Å². The number of carbonyl (C=O) groups excluding carboxylic acids is 1. The Balaban J connectivity index is 2.01. The second kappa shape index (κ2) is 6.68. The first kappa shape index (κ1) is 14.0. The number of ether oxygens (including phenoxy) is 1. The van der Waals surface area contributed by atoms with Crippen molar-refractivity contribution in [1.29, 1.82) is 0 Å². The third-order valence-electron chi connectivity index (χ3n) is 3.78. The molecule has 1 aromatic rings. The van der Waals surface area contributed by atoms with Gasteiger partial charge in [0.1, 0.15) is 0 Å². The molecule has 1 aliphatic rings. The maximum absolute atomic E-state index is 12.2. The summed E-state index contributed by atoms with van der Waals surface area (Å²) in [5.41, 5.74) is 7.44. The number of nitrogens with one attached hydrogen (secondary N) is 1. The maximum atomic E-state index is 12.2. The van der Waals surface area contributed by atoms with Crippen LogP contribution >= 0.6 is 0 Å². The van der Waals surface area contributed by atoms with Gasteiger partial charge < -0.3 is 15.8 Å². The number of nitrogens with two attached hydrogens (primary N) is 1. The van der Waals surface area contributed by atoms with Crippen molar-refractivity contribution in [3.63, 3.8) is 0 Å². The molecule has 0 heterocycles. The third kappa shape index (κ3) is 3.55. The van der Waals surface area contributed by atoms with Crippen molar-refractivity contribution in [3.8, 4) is 0 Å². The van der Waals surface area contributed by atoms with E-state index < -0.39 is 0 Å². The van der Waals surface area contributed by atoms with E-state index in [2.05, 4.69) is 5.32 Å². The Kier molecular flexibility index (Phi) is 4.93. The van der Waals surface area contributed by atoms with E-state index in [0.717, 1.165) is 24.8 Å². The van der Waals surface area contributed by atoms with Gasteiger partial charge in [-0.15, -0.1) is 0 Å². The number of carbonyl (C=O) groups is 1. The fourth-order valence-electron chi connectivity index (χ4n) is 2.73. The summed E-state index contributed by atoms with van der Waals surface area (Å²) in [4.78, 5) is 12.2. The molecule has 104 valence electrons. The van der Waals surface area contributed by atoms with Gasteiger partial charge >= 0.3 is 0 Å². The van der Waals surface area contributed by atoms with E-state index in [0.29, 0.717) is 24.6 Å². The molecule has 19 heavy (non-hydrogen) atoms. The van der Waals surface area contributed by atoms with E-state index >= 15 is 0 Å². The van der Waals surface area contributed by atoms with Crippen LogP contribution in [0.1, 0.15) is 35.2 Å². The van der Waals surface area contributed by atoms with E-state index in [1.807, 2.05) is 24.3 Å². The second-order valence-corrected chi connectivity index (χ2v) is 5.14. The standard InChI is InChI=1S/C15H22N2O2/c1-19-10-11-4-2-5-12(8-11)15(18)17-14-7-3-6-13(14)9-16/h2,4-5,8,13-14H,3,6-7,9-10,16H2,1H3,(H,17,18). The van der Waals surface area contributed by atoms with Crippen LogP contribution in [-0.4, -0.2) is 25.6 Å². The first-order valence-electron chi connectivity index (χ1n) is 6.83. The van der Waals surface area contributed by atoms with Crippen LogP contribution in [0, 0.1) is 5.92 Å². The van der Waals surface area contributed by atoms with Gasteiger partial charge in [-0.05, 0) is 43.0 Å². The van der Waals surface area contributed by atoms with Crippen molar-refractivity contribution < 1.29 is 9.53 Å². The Morgan fingerprint density at radius 2 is 2.32 bits per heavy atom. The van der Waals surface area contributed by atoms with Gasteiger partial charge in [0.25, 0.3) is 5.91 Å². The second-order valence-electron chi connectivity index (χ2n) is 5.14. The van der Waals surface area contributed by atoms with Gasteiger partial charge in [-0.1, -0.05) is 18.6 Å². The molecule has 0 aliphatic heterocycles. The monoisotopic (exact) mass is 262 g/mol. The van der Waals surface area contributed by atoms with E-state index in [1.54, 1.807) is 7.11 Å². The first-order valence-corrected chi connectivity index (χ1v) is 6.83. The largest absolute Gasteiger partial charge is 0.380 e. The molecular weight excluding hydrogens is 240 g/mol. The van der Waals surface area contributed by atoms with Crippen molar-refractivity contribution >= 4 is 5.91 Å². The van der Waals surface area contributed by atoms with Crippen LogP contribution in [0.2, 0.25) is 0 Å². The quantitative estimate of drug-likeness (QED) is 0.848. The Hall–Kier alpha value is -1.39. The zero-order chi connectivity index (χ0) is 13.7. The lowest BCUT2D eigenvalue weighted by atomic mass is 10.0. The minimum atomic E-state index is -0.0108. The average molecular weight is 262 g/mol. The highest BCUT2D eigenvalue weighted by molar-refractivity contribution is 5.94. The van der Waals surface area contributed by atoms with Gasteiger partial charge in [0.2, 0.25) is 0 Å². The zero-order valence-electron chi connectivity index (χ0n) is 11.4. The van der Waals surface area contributed by atoms with E-state index in [9.17, 15) is 4.79 Å². The van der Waals surface area contributed by atoms with Crippen molar-refractivity contribution in [2.75, 3.05) is 13.7 Å². The fourth-order valence-corrected chi connectivity index (χ4v) is 2.73. The Labute approximate surface area is 114 Å². The molecule has 0 radical (unpaired) electrons. The van der Waals surface area contributed by atoms with Crippen LogP contribution in [0.5, 0.6) is 0 Å².